The summed E-state index contributed by atoms with van der Waals surface area (Å²) < 4.78 is 0. The van der Waals surface area contributed by atoms with Gasteiger partial charge >= 0.3 is 0 Å². The van der Waals surface area contributed by atoms with Gasteiger partial charge in [-0.05, 0) is 72.9 Å². The summed E-state index contributed by atoms with van der Waals surface area (Å²) in [6, 6.07) is 0. The lowest BCUT2D eigenvalue weighted by molar-refractivity contribution is 0.315. The van der Waals surface area contributed by atoms with Gasteiger partial charge < -0.3 is 9.80 Å². The predicted octanol–water partition coefficient (Wildman–Crippen LogP) is 6.21. The molecule has 146 valence electrons. The summed E-state index contributed by atoms with van der Waals surface area (Å²) in [4.78, 5) is 4.66. The molecule has 0 fully saturated rings. The van der Waals surface area contributed by atoms with E-state index in [0.717, 1.165) is 5.92 Å². The largest absolute Gasteiger partial charge is 0.309 e. The lowest BCUT2D eigenvalue weighted by Gasteiger charge is -2.19. The summed E-state index contributed by atoms with van der Waals surface area (Å²) in [6.45, 7) is 4.80. The van der Waals surface area contributed by atoms with Crippen LogP contribution in [0.5, 0.6) is 0 Å². The van der Waals surface area contributed by atoms with Crippen molar-refractivity contribution in [1.82, 2.24) is 9.80 Å². The normalized spacial score (nSPS) is 12.0. The zero-order chi connectivity index (χ0) is 18.0. The highest BCUT2D eigenvalue weighted by Crippen LogP contribution is 2.22. The maximum absolute atomic E-state index is 2.33. The van der Waals surface area contributed by atoms with Crippen LogP contribution in [0.15, 0.2) is 0 Å². The van der Waals surface area contributed by atoms with Gasteiger partial charge in [0.1, 0.15) is 0 Å². The topological polar surface area (TPSA) is 6.48 Å². The molecule has 0 aromatic heterocycles. The van der Waals surface area contributed by atoms with Crippen LogP contribution in [0, 0.1) is 5.92 Å². The fourth-order valence-corrected chi connectivity index (χ4v) is 3.57. The number of hydrogen-bond acceptors (Lipinski definition) is 2. The first-order valence-electron chi connectivity index (χ1n) is 10.9. The van der Waals surface area contributed by atoms with Crippen LogP contribution in [0.25, 0.3) is 0 Å². The summed E-state index contributed by atoms with van der Waals surface area (Å²) in [5, 5.41) is 0. The molecular formula is C22H48N2. The molecule has 0 aromatic carbocycles. The monoisotopic (exact) mass is 340 g/mol. The van der Waals surface area contributed by atoms with Gasteiger partial charge in [0, 0.05) is 0 Å². The molecule has 0 amide bonds. The lowest BCUT2D eigenvalue weighted by atomic mass is 9.91. The SMILES string of the molecule is CCCCCCCCCCCC(CCCN(C)C)CCCN(C)C. The van der Waals surface area contributed by atoms with Crippen molar-refractivity contribution in [2.45, 2.75) is 96.8 Å². The number of hydrogen-bond donors (Lipinski definition) is 0. The second-order valence-electron chi connectivity index (χ2n) is 8.37. The zero-order valence-electron chi connectivity index (χ0n) is 17.8. The van der Waals surface area contributed by atoms with Gasteiger partial charge in [-0.3, -0.25) is 0 Å². The van der Waals surface area contributed by atoms with E-state index < -0.39 is 0 Å². The van der Waals surface area contributed by atoms with E-state index in [1.165, 1.54) is 103 Å². The minimum absolute atomic E-state index is 0.967. The van der Waals surface area contributed by atoms with Crippen LogP contribution in [0.3, 0.4) is 0 Å². The third-order valence-electron chi connectivity index (χ3n) is 5.15. The summed E-state index contributed by atoms with van der Waals surface area (Å²) >= 11 is 0. The van der Waals surface area contributed by atoms with Crippen molar-refractivity contribution in [2.75, 3.05) is 41.3 Å². The summed E-state index contributed by atoms with van der Waals surface area (Å²) in [5.74, 6) is 0.967. The Morgan fingerprint density at radius 1 is 0.500 bits per heavy atom. The molecule has 0 rings (SSSR count). The number of nitrogens with zero attached hydrogens (tertiary/aromatic N) is 2. The molecule has 0 aromatic rings. The minimum Gasteiger partial charge on any atom is -0.309 e. The highest BCUT2D eigenvalue weighted by molar-refractivity contribution is 4.63. The van der Waals surface area contributed by atoms with Crippen LogP contribution < -0.4 is 0 Å². The first kappa shape index (κ1) is 23.9. The van der Waals surface area contributed by atoms with E-state index in [-0.39, 0.29) is 0 Å². The second kappa shape index (κ2) is 17.7. The Bertz CT molecular complexity index is 224. The van der Waals surface area contributed by atoms with Crippen LogP contribution >= 0.6 is 0 Å². The van der Waals surface area contributed by atoms with E-state index in [9.17, 15) is 0 Å². The minimum atomic E-state index is 0.967. The summed E-state index contributed by atoms with van der Waals surface area (Å²) in [7, 11) is 8.78. The molecule has 24 heavy (non-hydrogen) atoms. The van der Waals surface area contributed by atoms with Gasteiger partial charge in [-0.1, -0.05) is 71.1 Å². The molecule has 0 unspecified atom stereocenters. The first-order chi connectivity index (χ1) is 11.6. The van der Waals surface area contributed by atoms with Crippen molar-refractivity contribution >= 4 is 0 Å². The molecule has 0 aliphatic carbocycles. The molecule has 0 atom stereocenters. The molecule has 2 nitrogen and oxygen atoms in total. The van der Waals surface area contributed by atoms with Crippen molar-refractivity contribution in [3.05, 3.63) is 0 Å². The fourth-order valence-electron chi connectivity index (χ4n) is 3.57. The Balaban J connectivity index is 3.69. The van der Waals surface area contributed by atoms with Crippen LogP contribution in [0.1, 0.15) is 96.8 Å². The van der Waals surface area contributed by atoms with Gasteiger partial charge in [0.2, 0.25) is 0 Å². The molecule has 0 heterocycles. The smallest absolute Gasteiger partial charge is 0.00247 e. The van der Waals surface area contributed by atoms with Crippen molar-refractivity contribution in [3.63, 3.8) is 0 Å². The Morgan fingerprint density at radius 2 is 0.875 bits per heavy atom. The molecule has 0 aliphatic rings. The van der Waals surface area contributed by atoms with E-state index in [2.05, 4.69) is 44.9 Å². The van der Waals surface area contributed by atoms with Gasteiger partial charge in [-0.15, -0.1) is 0 Å². The Morgan fingerprint density at radius 3 is 1.29 bits per heavy atom. The van der Waals surface area contributed by atoms with E-state index >= 15 is 0 Å². The molecule has 0 saturated carbocycles. The van der Waals surface area contributed by atoms with Crippen molar-refractivity contribution in [1.29, 1.82) is 0 Å². The lowest BCUT2D eigenvalue weighted by Crippen LogP contribution is -2.16. The molecule has 0 bridgehead atoms. The van der Waals surface area contributed by atoms with Gasteiger partial charge in [-0.2, -0.15) is 0 Å². The fraction of sp³-hybridized carbons (Fsp3) is 1.00. The maximum atomic E-state index is 2.33. The Hall–Kier alpha value is -0.0800. The number of unbranched alkanes of at least 4 members (excludes halogenated alkanes) is 8. The highest BCUT2D eigenvalue weighted by atomic mass is 15.0. The highest BCUT2D eigenvalue weighted by Gasteiger charge is 2.09. The predicted molar refractivity (Wildman–Crippen MR) is 111 cm³/mol. The summed E-state index contributed by atoms with van der Waals surface area (Å²) in [6.07, 6.45) is 20.1. The first-order valence-corrected chi connectivity index (χ1v) is 10.9. The molecule has 0 radical (unpaired) electrons. The zero-order valence-corrected chi connectivity index (χ0v) is 17.8. The third kappa shape index (κ3) is 18.3. The van der Waals surface area contributed by atoms with E-state index in [1.54, 1.807) is 0 Å². The Kier molecular flexibility index (Phi) is 17.7. The Labute approximate surface area is 154 Å². The second-order valence-corrected chi connectivity index (χ2v) is 8.37. The standard InChI is InChI=1S/C22H48N2/c1-6-7-8-9-10-11-12-13-14-17-22(18-15-20-23(2)3)19-16-21-24(4)5/h22H,6-21H2,1-5H3. The van der Waals surface area contributed by atoms with Crippen LogP contribution in [0.4, 0.5) is 0 Å². The quantitative estimate of drug-likeness (QED) is 0.274. The van der Waals surface area contributed by atoms with Gasteiger partial charge in [-0.25, -0.2) is 0 Å². The van der Waals surface area contributed by atoms with Crippen LogP contribution in [-0.2, 0) is 0 Å². The average molecular weight is 341 g/mol. The molecular weight excluding hydrogens is 292 g/mol. The van der Waals surface area contributed by atoms with Gasteiger partial charge in [0.05, 0.1) is 0 Å². The van der Waals surface area contributed by atoms with E-state index in [4.69, 9.17) is 0 Å². The third-order valence-corrected chi connectivity index (χ3v) is 5.15. The van der Waals surface area contributed by atoms with Crippen LogP contribution in [0.2, 0.25) is 0 Å². The van der Waals surface area contributed by atoms with Crippen molar-refractivity contribution < 1.29 is 0 Å². The average Bonchev–Trinajstić information content (AvgIpc) is 2.52. The summed E-state index contributed by atoms with van der Waals surface area (Å²) in [5.41, 5.74) is 0. The van der Waals surface area contributed by atoms with E-state index in [0.29, 0.717) is 0 Å². The molecule has 0 aliphatic heterocycles. The number of rotatable bonds is 18. The van der Waals surface area contributed by atoms with Gasteiger partial charge in [0.15, 0.2) is 0 Å². The molecule has 2 heteroatoms. The maximum Gasteiger partial charge on any atom is -0.00247 e. The van der Waals surface area contributed by atoms with Crippen molar-refractivity contribution in [2.24, 2.45) is 5.92 Å². The van der Waals surface area contributed by atoms with Crippen molar-refractivity contribution in [3.8, 4) is 0 Å². The van der Waals surface area contributed by atoms with Gasteiger partial charge in [0.25, 0.3) is 0 Å². The molecule has 0 N–H and O–H groups in total. The molecule has 0 spiro atoms. The van der Waals surface area contributed by atoms with Crippen LogP contribution in [-0.4, -0.2) is 51.1 Å². The van der Waals surface area contributed by atoms with E-state index in [1.807, 2.05) is 0 Å². The molecule has 0 saturated heterocycles.